The molecule has 1 fully saturated rings. The third kappa shape index (κ3) is 4.83. The Bertz CT molecular complexity index is 1070. The van der Waals surface area contributed by atoms with E-state index in [1.165, 1.54) is 0 Å². The molecule has 1 aliphatic heterocycles. The minimum Gasteiger partial charge on any atom is -0.376 e. The van der Waals surface area contributed by atoms with Gasteiger partial charge in [0.25, 0.3) is 0 Å². The molecule has 30 heavy (non-hydrogen) atoms. The van der Waals surface area contributed by atoms with Crippen LogP contribution >= 0.6 is 11.6 Å². The van der Waals surface area contributed by atoms with Crippen LogP contribution in [-0.2, 0) is 16.6 Å². The summed E-state index contributed by atoms with van der Waals surface area (Å²) in [5.41, 5.74) is 1.59. The molecular weight excluding hydrogens is 424 g/mol. The Morgan fingerprint density at radius 1 is 0.967 bits per heavy atom. The molecule has 1 aliphatic rings. The van der Waals surface area contributed by atoms with Crippen molar-refractivity contribution in [3.8, 4) is 11.4 Å². The molecule has 0 saturated carbocycles. The van der Waals surface area contributed by atoms with Gasteiger partial charge in [-0.05, 0) is 61.4 Å². The van der Waals surface area contributed by atoms with E-state index in [0.717, 1.165) is 36.9 Å². The summed E-state index contributed by atoms with van der Waals surface area (Å²) in [4.78, 5) is 4.68. The van der Waals surface area contributed by atoms with Gasteiger partial charge in [0.1, 0.15) is 0 Å². The lowest BCUT2D eigenvalue weighted by atomic mass is 10.2. The number of anilines is 1. The Labute approximate surface area is 181 Å². The van der Waals surface area contributed by atoms with Gasteiger partial charge in [-0.15, -0.1) is 0 Å². The molecule has 2 aromatic carbocycles. The lowest BCUT2D eigenvalue weighted by molar-refractivity contribution is 0.384. The van der Waals surface area contributed by atoms with E-state index in [-0.39, 0.29) is 0 Å². The van der Waals surface area contributed by atoms with Crippen molar-refractivity contribution in [2.24, 2.45) is 0 Å². The van der Waals surface area contributed by atoms with Crippen LogP contribution < -0.4 is 5.32 Å². The van der Waals surface area contributed by atoms with Crippen LogP contribution in [0.3, 0.4) is 0 Å². The number of sulfonamides is 1. The molecule has 1 saturated heterocycles. The molecule has 0 spiro atoms. The van der Waals surface area contributed by atoms with E-state index >= 15 is 0 Å². The van der Waals surface area contributed by atoms with Gasteiger partial charge in [-0.25, -0.2) is 8.42 Å². The summed E-state index contributed by atoms with van der Waals surface area (Å²) in [5, 5.41) is 7.80. The highest BCUT2D eigenvalue weighted by Gasteiger charge is 2.24. The Morgan fingerprint density at radius 3 is 2.30 bits per heavy atom. The molecule has 7 nitrogen and oxygen atoms in total. The Kier molecular flexibility index (Phi) is 6.36. The molecule has 0 atom stereocenters. The van der Waals surface area contributed by atoms with Gasteiger partial charge in [0.15, 0.2) is 0 Å². The molecule has 2 heterocycles. The molecule has 0 aliphatic carbocycles. The lowest BCUT2D eigenvalue weighted by Gasteiger charge is -2.20. The van der Waals surface area contributed by atoms with Gasteiger partial charge in [0, 0.05) is 29.4 Å². The molecule has 1 N–H and O–H groups in total. The van der Waals surface area contributed by atoms with Crippen LogP contribution in [0.5, 0.6) is 0 Å². The first-order valence-electron chi connectivity index (χ1n) is 9.95. The van der Waals surface area contributed by atoms with E-state index in [0.29, 0.717) is 41.3 Å². The zero-order chi connectivity index (χ0) is 21.0. The first kappa shape index (κ1) is 20.8. The quantitative estimate of drug-likeness (QED) is 0.596. The second-order valence-corrected chi connectivity index (χ2v) is 9.59. The minimum atomic E-state index is -3.44. The van der Waals surface area contributed by atoms with Crippen molar-refractivity contribution in [2.45, 2.75) is 37.1 Å². The standard InChI is InChI=1S/C21H23ClN4O3S/c22-17-7-5-16(6-8-17)21-24-20(29-25-21)15-23-18-9-11-19(12-10-18)30(27,28)26-13-3-1-2-4-14-26/h5-12,23H,1-4,13-15H2. The fraction of sp³-hybridized carbons (Fsp3) is 0.333. The Balaban J connectivity index is 1.39. The van der Waals surface area contributed by atoms with E-state index in [1.807, 2.05) is 12.1 Å². The van der Waals surface area contributed by atoms with Crippen LogP contribution in [0, 0.1) is 0 Å². The molecule has 9 heteroatoms. The number of nitrogens with one attached hydrogen (secondary N) is 1. The second kappa shape index (κ2) is 9.16. The summed E-state index contributed by atoms with van der Waals surface area (Å²) in [6.45, 7) is 1.52. The van der Waals surface area contributed by atoms with Crippen LogP contribution in [0.2, 0.25) is 5.02 Å². The molecule has 0 radical (unpaired) electrons. The highest BCUT2D eigenvalue weighted by atomic mass is 35.5. The van der Waals surface area contributed by atoms with Crippen LogP contribution in [0.25, 0.3) is 11.4 Å². The van der Waals surface area contributed by atoms with Crippen molar-refractivity contribution in [1.29, 1.82) is 0 Å². The highest BCUT2D eigenvalue weighted by molar-refractivity contribution is 7.89. The van der Waals surface area contributed by atoms with E-state index in [9.17, 15) is 8.42 Å². The predicted octanol–water partition coefficient (Wildman–Crippen LogP) is 4.57. The number of hydrogen-bond acceptors (Lipinski definition) is 6. The highest BCUT2D eigenvalue weighted by Crippen LogP contribution is 2.22. The zero-order valence-corrected chi connectivity index (χ0v) is 18.0. The normalized spacial score (nSPS) is 15.6. The van der Waals surface area contributed by atoms with Gasteiger partial charge in [-0.2, -0.15) is 9.29 Å². The molecule has 0 amide bonds. The maximum absolute atomic E-state index is 12.9. The van der Waals surface area contributed by atoms with Gasteiger partial charge in [0.2, 0.25) is 21.7 Å². The largest absolute Gasteiger partial charge is 0.376 e. The molecule has 0 bridgehead atoms. The van der Waals surface area contributed by atoms with E-state index in [2.05, 4.69) is 15.5 Å². The van der Waals surface area contributed by atoms with E-state index in [4.69, 9.17) is 16.1 Å². The fourth-order valence-electron chi connectivity index (χ4n) is 3.40. The van der Waals surface area contributed by atoms with Gasteiger partial charge in [0.05, 0.1) is 11.4 Å². The van der Waals surface area contributed by atoms with Crippen molar-refractivity contribution in [1.82, 2.24) is 14.4 Å². The zero-order valence-electron chi connectivity index (χ0n) is 16.4. The molecule has 0 unspecified atom stereocenters. The summed E-state index contributed by atoms with van der Waals surface area (Å²) >= 11 is 5.90. The van der Waals surface area contributed by atoms with Crippen molar-refractivity contribution in [3.63, 3.8) is 0 Å². The van der Waals surface area contributed by atoms with E-state index in [1.54, 1.807) is 40.7 Å². The van der Waals surface area contributed by atoms with Gasteiger partial charge in [-0.3, -0.25) is 0 Å². The fourth-order valence-corrected chi connectivity index (χ4v) is 5.04. The number of aromatic nitrogens is 2. The SMILES string of the molecule is O=S(=O)(c1ccc(NCc2nc(-c3ccc(Cl)cc3)no2)cc1)N1CCCCCC1. The third-order valence-electron chi connectivity index (χ3n) is 5.07. The number of nitrogens with zero attached hydrogens (tertiary/aromatic N) is 3. The number of hydrogen-bond donors (Lipinski definition) is 1. The first-order valence-corrected chi connectivity index (χ1v) is 11.8. The van der Waals surface area contributed by atoms with E-state index < -0.39 is 10.0 Å². The summed E-state index contributed by atoms with van der Waals surface area (Å²) in [6.07, 6.45) is 4.01. The maximum atomic E-state index is 12.9. The topological polar surface area (TPSA) is 88.3 Å². The van der Waals surface area contributed by atoms with Crippen LogP contribution in [-0.4, -0.2) is 36.0 Å². The third-order valence-corrected chi connectivity index (χ3v) is 7.24. The average molecular weight is 447 g/mol. The Hall–Kier alpha value is -2.42. The molecule has 1 aromatic heterocycles. The monoisotopic (exact) mass is 446 g/mol. The molecule has 3 aromatic rings. The van der Waals surface area contributed by atoms with Gasteiger partial charge in [-0.1, -0.05) is 29.6 Å². The number of benzene rings is 2. The summed E-state index contributed by atoms with van der Waals surface area (Å²) < 4.78 is 32.6. The Morgan fingerprint density at radius 2 is 1.63 bits per heavy atom. The molecule has 4 rings (SSSR count). The van der Waals surface area contributed by atoms with Crippen molar-refractivity contribution < 1.29 is 12.9 Å². The van der Waals surface area contributed by atoms with Gasteiger partial charge < -0.3 is 9.84 Å². The summed E-state index contributed by atoms with van der Waals surface area (Å²) in [6, 6.07) is 14.0. The predicted molar refractivity (Wildman–Crippen MR) is 116 cm³/mol. The summed E-state index contributed by atoms with van der Waals surface area (Å²) in [5.74, 6) is 0.920. The number of rotatable bonds is 6. The van der Waals surface area contributed by atoms with Crippen molar-refractivity contribution in [3.05, 3.63) is 59.4 Å². The van der Waals surface area contributed by atoms with Crippen LogP contribution in [0.1, 0.15) is 31.6 Å². The average Bonchev–Trinajstić information content (AvgIpc) is 3.05. The van der Waals surface area contributed by atoms with Crippen LogP contribution in [0.4, 0.5) is 5.69 Å². The molecule has 158 valence electrons. The van der Waals surface area contributed by atoms with Crippen LogP contribution in [0.15, 0.2) is 57.9 Å². The number of halogens is 1. The molecular formula is C21H23ClN4O3S. The maximum Gasteiger partial charge on any atom is 0.246 e. The lowest BCUT2D eigenvalue weighted by Crippen LogP contribution is -2.31. The second-order valence-electron chi connectivity index (χ2n) is 7.21. The summed E-state index contributed by atoms with van der Waals surface area (Å²) in [7, 11) is -3.44. The first-order chi connectivity index (χ1) is 14.5. The van der Waals surface area contributed by atoms with Crippen molar-refractivity contribution in [2.75, 3.05) is 18.4 Å². The minimum absolute atomic E-state index is 0.317. The van der Waals surface area contributed by atoms with Gasteiger partial charge >= 0.3 is 0 Å². The smallest absolute Gasteiger partial charge is 0.246 e. The van der Waals surface area contributed by atoms with Crippen molar-refractivity contribution >= 4 is 27.3 Å².